The summed E-state index contributed by atoms with van der Waals surface area (Å²) in [6.45, 7) is 7.83. The minimum absolute atomic E-state index is 0.264. The van der Waals surface area contributed by atoms with E-state index in [1.54, 1.807) is 6.20 Å². The van der Waals surface area contributed by atoms with Gasteiger partial charge in [0.05, 0.1) is 17.8 Å². The number of hydrogen-bond donors (Lipinski definition) is 0. The van der Waals surface area contributed by atoms with Crippen LogP contribution in [0.3, 0.4) is 0 Å². The molecule has 0 saturated heterocycles. The van der Waals surface area contributed by atoms with Crippen molar-refractivity contribution in [2.75, 3.05) is 13.7 Å². The number of ether oxygens (including phenoxy) is 2. The van der Waals surface area contributed by atoms with E-state index >= 15 is 0 Å². The molecule has 18 heavy (non-hydrogen) atoms. The molecular weight excluding hydrogens is 316 g/mol. The van der Waals surface area contributed by atoms with Crippen molar-refractivity contribution in [3.05, 3.63) is 16.4 Å². The molecule has 5 nitrogen and oxygen atoms in total. The van der Waals surface area contributed by atoms with Crippen LogP contribution in [0.15, 0.2) is 10.7 Å². The zero-order valence-electron chi connectivity index (χ0n) is 11.2. The number of halogens is 1. The Morgan fingerprint density at radius 1 is 1.50 bits per heavy atom. The van der Waals surface area contributed by atoms with Crippen molar-refractivity contribution in [2.45, 2.75) is 32.4 Å². The molecule has 0 radical (unpaired) electrons. The predicted molar refractivity (Wildman–Crippen MR) is 75.4 cm³/mol. The van der Waals surface area contributed by atoms with Crippen molar-refractivity contribution in [1.82, 2.24) is 9.78 Å². The molecule has 0 spiro atoms. The lowest BCUT2D eigenvalue weighted by molar-refractivity contribution is 0.0516. The molecule has 1 heterocycles. The van der Waals surface area contributed by atoms with Gasteiger partial charge in [0.1, 0.15) is 6.73 Å². The first-order valence-electron chi connectivity index (χ1n) is 5.72. The van der Waals surface area contributed by atoms with E-state index in [0.29, 0.717) is 16.8 Å². The Bertz CT molecular complexity index is 415. The van der Waals surface area contributed by atoms with E-state index in [1.807, 2.05) is 0 Å². The lowest BCUT2D eigenvalue weighted by atomic mass is 10.4. The highest BCUT2D eigenvalue weighted by Crippen LogP contribution is 2.17. The van der Waals surface area contributed by atoms with Crippen LogP contribution in [0.4, 0.5) is 0 Å². The van der Waals surface area contributed by atoms with E-state index in [0.717, 1.165) is 6.04 Å². The third-order valence-electron chi connectivity index (χ3n) is 2.38. The first kappa shape index (κ1) is 15.4. The standard InChI is InChI=1S/C11H19BrN2O3Si/c1-16-11(15)10-9(12)7-13-14(10)8-17-5-6-18(2,3)4/h7H,5-6,8H2,1-4H3. The van der Waals surface area contributed by atoms with Crippen molar-refractivity contribution >= 4 is 30.0 Å². The fourth-order valence-electron chi connectivity index (χ4n) is 1.29. The molecule has 0 bridgehead atoms. The van der Waals surface area contributed by atoms with Gasteiger partial charge in [0, 0.05) is 14.7 Å². The summed E-state index contributed by atoms with van der Waals surface area (Å²) in [6, 6.07) is 1.09. The van der Waals surface area contributed by atoms with E-state index in [9.17, 15) is 4.79 Å². The number of carbonyl (C=O) groups is 1. The van der Waals surface area contributed by atoms with Gasteiger partial charge >= 0.3 is 5.97 Å². The summed E-state index contributed by atoms with van der Waals surface area (Å²) in [5.41, 5.74) is 0.380. The van der Waals surface area contributed by atoms with Crippen molar-refractivity contribution in [2.24, 2.45) is 0 Å². The second-order valence-corrected chi connectivity index (χ2v) is 11.7. The molecule has 0 aliphatic rings. The van der Waals surface area contributed by atoms with E-state index in [2.05, 4.69) is 40.7 Å². The Morgan fingerprint density at radius 3 is 2.72 bits per heavy atom. The maximum Gasteiger partial charge on any atom is 0.357 e. The molecule has 0 N–H and O–H groups in total. The molecule has 0 unspecified atom stereocenters. The summed E-state index contributed by atoms with van der Waals surface area (Å²) in [4.78, 5) is 11.5. The fourth-order valence-corrected chi connectivity index (χ4v) is 2.50. The smallest absolute Gasteiger partial charge is 0.357 e. The number of rotatable bonds is 6. The maximum absolute atomic E-state index is 11.5. The Morgan fingerprint density at radius 2 is 2.17 bits per heavy atom. The molecule has 0 saturated carbocycles. The summed E-state index contributed by atoms with van der Waals surface area (Å²) < 4.78 is 12.4. The summed E-state index contributed by atoms with van der Waals surface area (Å²) >= 11 is 3.27. The van der Waals surface area contributed by atoms with Gasteiger partial charge in [-0.3, -0.25) is 0 Å². The van der Waals surface area contributed by atoms with Crippen LogP contribution >= 0.6 is 15.9 Å². The lowest BCUT2D eigenvalue weighted by Crippen LogP contribution is -2.22. The Balaban J connectivity index is 2.55. The average molecular weight is 335 g/mol. The molecule has 0 atom stereocenters. The van der Waals surface area contributed by atoms with E-state index in [-0.39, 0.29) is 6.73 Å². The maximum atomic E-state index is 11.5. The number of aromatic nitrogens is 2. The monoisotopic (exact) mass is 334 g/mol. The van der Waals surface area contributed by atoms with E-state index in [1.165, 1.54) is 11.8 Å². The van der Waals surface area contributed by atoms with E-state index < -0.39 is 14.0 Å². The van der Waals surface area contributed by atoms with Gasteiger partial charge < -0.3 is 9.47 Å². The molecule has 1 aromatic rings. The third kappa shape index (κ3) is 4.54. The first-order valence-corrected chi connectivity index (χ1v) is 10.2. The van der Waals surface area contributed by atoms with Gasteiger partial charge in [-0.1, -0.05) is 19.6 Å². The molecule has 0 aliphatic heterocycles. The van der Waals surface area contributed by atoms with Crippen LogP contribution < -0.4 is 0 Å². The molecule has 0 aliphatic carbocycles. The molecule has 0 fully saturated rings. The second-order valence-electron chi connectivity index (χ2n) is 5.18. The van der Waals surface area contributed by atoms with Crippen LogP contribution in [0.5, 0.6) is 0 Å². The normalized spacial score (nSPS) is 11.6. The minimum Gasteiger partial charge on any atom is -0.464 e. The van der Waals surface area contributed by atoms with Gasteiger partial charge in [0.25, 0.3) is 0 Å². The Labute approximate surface area is 117 Å². The van der Waals surface area contributed by atoms with E-state index in [4.69, 9.17) is 9.47 Å². The highest BCUT2D eigenvalue weighted by atomic mass is 79.9. The quantitative estimate of drug-likeness (QED) is 0.456. The Hall–Kier alpha value is -0.663. The van der Waals surface area contributed by atoms with Crippen LogP contribution in [-0.2, 0) is 16.2 Å². The lowest BCUT2D eigenvalue weighted by Gasteiger charge is -2.15. The zero-order valence-corrected chi connectivity index (χ0v) is 13.8. The van der Waals surface area contributed by atoms with Gasteiger partial charge in [-0.15, -0.1) is 0 Å². The van der Waals surface area contributed by atoms with Crippen molar-refractivity contribution in [3.8, 4) is 0 Å². The largest absolute Gasteiger partial charge is 0.464 e. The summed E-state index contributed by atoms with van der Waals surface area (Å²) in [5.74, 6) is -0.423. The number of esters is 1. The van der Waals surface area contributed by atoms with Crippen LogP contribution in [0.25, 0.3) is 0 Å². The molecule has 1 aromatic heterocycles. The number of carbonyl (C=O) groups excluding carboxylic acids is 1. The first-order chi connectivity index (χ1) is 8.35. The molecule has 102 valence electrons. The SMILES string of the molecule is COC(=O)c1c(Br)cnn1COCC[Si](C)(C)C. The molecule has 1 rings (SSSR count). The highest BCUT2D eigenvalue weighted by Gasteiger charge is 2.18. The van der Waals surface area contributed by atoms with Gasteiger partial charge in [-0.05, 0) is 22.0 Å². The summed E-state index contributed by atoms with van der Waals surface area (Å²) in [6.07, 6.45) is 1.56. The molecular formula is C11H19BrN2O3Si. The minimum atomic E-state index is -1.09. The van der Waals surface area contributed by atoms with Crippen molar-refractivity contribution in [1.29, 1.82) is 0 Å². The van der Waals surface area contributed by atoms with Crippen molar-refractivity contribution in [3.63, 3.8) is 0 Å². The van der Waals surface area contributed by atoms with Crippen LogP contribution in [-0.4, -0.2) is 37.5 Å². The number of methoxy groups -OCH3 is 1. The van der Waals surface area contributed by atoms with Gasteiger partial charge in [0.2, 0.25) is 0 Å². The van der Waals surface area contributed by atoms with Crippen LogP contribution in [0, 0.1) is 0 Å². The van der Waals surface area contributed by atoms with Gasteiger partial charge in [0.15, 0.2) is 5.69 Å². The Kier molecular flexibility index (Phi) is 5.55. The van der Waals surface area contributed by atoms with Crippen molar-refractivity contribution < 1.29 is 14.3 Å². The molecule has 0 amide bonds. The van der Waals surface area contributed by atoms with Gasteiger partial charge in [-0.25, -0.2) is 9.48 Å². The predicted octanol–water partition coefficient (Wildman–Crippen LogP) is 2.74. The topological polar surface area (TPSA) is 53.3 Å². The highest BCUT2D eigenvalue weighted by molar-refractivity contribution is 9.10. The van der Waals surface area contributed by atoms with Crippen LogP contribution in [0.2, 0.25) is 25.7 Å². The molecule has 7 heteroatoms. The zero-order chi connectivity index (χ0) is 13.8. The summed E-state index contributed by atoms with van der Waals surface area (Å²) in [7, 11) is 0.257. The number of hydrogen-bond acceptors (Lipinski definition) is 4. The number of nitrogens with zero attached hydrogens (tertiary/aromatic N) is 2. The van der Waals surface area contributed by atoms with Gasteiger partial charge in [-0.2, -0.15) is 5.10 Å². The average Bonchev–Trinajstić information content (AvgIpc) is 2.64. The third-order valence-corrected chi connectivity index (χ3v) is 4.67. The molecule has 0 aromatic carbocycles. The summed E-state index contributed by atoms with van der Waals surface area (Å²) in [5, 5.41) is 4.07. The fraction of sp³-hybridized carbons (Fsp3) is 0.636. The van der Waals surface area contributed by atoms with Crippen LogP contribution in [0.1, 0.15) is 10.5 Å². The second kappa shape index (κ2) is 6.49.